The molecule has 0 saturated carbocycles. The third-order valence-corrected chi connectivity index (χ3v) is 2.73. The zero-order valence-corrected chi connectivity index (χ0v) is 9.56. The predicted octanol–water partition coefficient (Wildman–Crippen LogP) is 0.168. The first-order valence-electron chi connectivity index (χ1n) is 4.65. The van der Waals surface area contributed by atoms with Gasteiger partial charge in [0.15, 0.2) is 0 Å². The lowest BCUT2D eigenvalue weighted by atomic mass is 10.2. The number of hydrogen-bond donors (Lipinski definition) is 2. The molecule has 1 rings (SSSR count). The number of nitrogens with zero attached hydrogens (tertiary/aromatic N) is 1. The van der Waals surface area contributed by atoms with Crippen LogP contribution in [0.1, 0.15) is 12.5 Å². The number of H-pyrrole nitrogens is 1. The van der Waals surface area contributed by atoms with E-state index in [1.807, 2.05) is 6.26 Å². The molecule has 1 heterocycles. The van der Waals surface area contributed by atoms with Crippen molar-refractivity contribution in [2.75, 3.05) is 12.0 Å². The number of rotatable bonds is 4. The molecule has 0 aliphatic carbocycles. The minimum Gasteiger partial charge on any atom is -0.494 e. The lowest BCUT2D eigenvalue weighted by Crippen LogP contribution is -2.32. The zero-order valence-electron chi connectivity index (χ0n) is 8.74. The molecule has 0 amide bonds. The predicted molar refractivity (Wildman–Crippen MR) is 60.7 cm³/mol. The van der Waals surface area contributed by atoms with Crippen LogP contribution < -0.4 is 11.2 Å². The second kappa shape index (κ2) is 5.06. The molecular formula is C9H14N2O3S. The van der Waals surface area contributed by atoms with Crippen LogP contribution in [0.5, 0.6) is 5.88 Å². The molecule has 0 spiro atoms. The van der Waals surface area contributed by atoms with Crippen LogP contribution in [0.25, 0.3) is 0 Å². The van der Waals surface area contributed by atoms with Crippen LogP contribution in [-0.4, -0.2) is 26.7 Å². The van der Waals surface area contributed by atoms with Crippen LogP contribution in [0.15, 0.2) is 9.59 Å². The summed E-state index contributed by atoms with van der Waals surface area (Å²) in [5, 5.41) is 9.71. The van der Waals surface area contributed by atoms with Crippen molar-refractivity contribution in [3.05, 3.63) is 26.4 Å². The van der Waals surface area contributed by atoms with E-state index in [9.17, 15) is 14.7 Å². The van der Waals surface area contributed by atoms with Crippen LogP contribution in [0.3, 0.4) is 0 Å². The van der Waals surface area contributed by atoms with Crippen LogP contribution in [-0.2, 0) is 13.0 Å². The molecule has 0 aliphatic rings. The number of nitrogens with one attached hydrogen (secondary N) is 1. The van der Waals surface area contributed by atoms with Gasteiger partial charge in [0.1, 0.15) is 0 Å². The standard InChI is InChI=1S/C9H14N2O3S/c1-3-6-7(12)10-9(14)11(8(6)13)4-5-15-2/h13H,3-5H2,1-2H3,(H,10,12,14). The summed E-state index contributed by atoms with van der Waals surface area (Å²) in [6, 6.07) is 0. The molecule has 0 bridgehead atoms. The molecule has 0 fully saturated rings. The van der Waals surface area contributed by atoms with Crippen molar-refractivity contribution in [1.29, 1.82) is 0 Å². The number of aromatic hydroxyl groups is 1. The van der Waals surface area contributed by atoms with Gasteiger partial charge in [-0.05, 0) is 12.7 Å². The van der Waals surface area contributed by atoms with Gasteiger partial charge < -0.3 is 5.11 Å². The fraction of sp³-hybridized carbons (Fsp3) is 0.556. The summed E-state index contributed by atoms with van der Waals surface area (Å²) in [5.74, 6) is 0.503. The van der Waals surface area contributed by atoms with Crippen molar-refractivity contribution < 1.29 is 5.11 Å². The van der Waals surface area contributed by atoms with Crippen molar-refractivity contribution >= 4 is 11.8 Å². The minimum absolute atomic E-state index is 0.208. The van der Waals surface area contributed by atoms with E-state index in [1.54, 1.807) is 18.7 Å². The first kappa shape index (κ1) is 11.9. The molecule has 15 heavy (non-hydrogen) atoms. The van der Waals surface area contributed by atoms with Crippen molar-refractivity contribution in [2.45, 2.75) is 19.9 Å². The molecule has 5 nitrogen and oxygen atoms in total. The maximum atomic E-state index is 11.4. The molecular weight excluding hydrogens is 216 g/mol. The van der Waals surface area contributed by atoms with Gasteiger partial charge in [-0.3, -0.25) is 14.3 Å². The van der Waals surface area contributed by atoms with Crippen molar-refractivity contribution in [3.63, 3.8) is 0 Å². The first-order chi connectivity index (χ1) is 7.11. The third-order valence-electron chi connectivity index (χ3n) is 2.14. The van der Waals surface area contributed by atoms with E-state index in [0.717, 1.165) is 0 Å². The van der Waals surface area contributed by atoms with E-state index in [0.29, 0.717) is 18.7 Å². The molecule has 84 valence electrons. The molecule has 0 aromatic carbocycles. The van der Waals surface area contributed by atoms with E-state index >= 15 is 0 Å². The summed E-state index contributed by atoms with van der Waals surface area (Å²) < 4.78 is 1.19. The summed E-state index contributed by atoms with van der Waals surface area (Å²) >= 11 is 1.57. The van der Waals surface area contributed by atoms with E-state index in [2.05, 4.69) is 4.98 Å². The van der Waals surface area contributed by atoms with Gasteiger partial charge in [0.25, 0.3) is 5.56 Å². The van der Waals surface area contributed by atoms with Crippen molar-refractivity contribution in [1.82, 2.24) is 9.55 Å². The molecule has 0 unspecified atom stereocenters. The molecule has 0 saturated heterocycles. The minimum atomic E-state index is -0.552. The van der Waals surface area contributed by atoms with Gasteiger partial charge >= 0.3 is 5.69 Å². The Kier molecular flexibility index (Phi) is 4.02. The fourth-order valence-corrected chi connectivity index (χ4v) is 1.67. The highest BCUT2D eigenvalue weighted by atomic mass is 32.2. The summed E-state index contributed by atoms with van der Waals surface area (Å²) in [4.78, 5) is 24.8. The SMILES string of the molecule is CCc1c(O)n(CCSC)c(=O)[nH]c1=O. The summed E-state index contributed by atoms with van der Waals surface area (Å²) in [7, 11) is 0. The van der Waals surface area contributed by atoms with E-state index in [1.165, 1.54) is 4.57 Å². The van der Waals surface area contributed by atoms with Gasteiger partial charge in [-0.15, -0.1) is 0 Å². The van der Waals surface area contributed by atoms with Crippen molar-refractivity contribution in [3.8, 4) is 5.88 Å². The quantitative estimate of drug-likeness (QED) is 0.773. The van der Waals surface area contributed by atoms with Crippen LogP contribution in [0, 0.1) is 0 Å². The summed E-state index contributed by atoms with van der Waals surface area (Å²) in [6.45, 7) is 2.16. The Morgan fingerprint density at radius 3 is 2.67 bits per heavy atom. The van der Waals surface area contributed by atoms with Gasteiger partial charge in [0, 0.05) is 12.3 Å². The second-order valence-corrected chi connectivity index (χ2v) is 4.05. The Morgan fingerprint density at radius 2 is 2.13 bits per heavy atom. The largest absolute Gasteiger partial charge is 0.494 e. The van der Waals surface area contributed by atoms with Gasteiger partial charge in [-0.2, -0.15) is 11.8 Å². The Bertz CT molecular complexity index is 450. The molecule has 1 aromatic heterocycles. The number of hydrogen-bond acceptors (Lipinski definition) is 4. The molecule has 6 heteroatoms. The number of thioether (sulfide) groups is 1. The Morgan fingerprint density at radius 1 is 1.47 bits per heavy atom. The highest BCUT2D eigenvalue weighted by Crippen LogP contribution is 2.10. The van der Waals surface area contributed by atoms with Crippen LogP contribution in [0.2, 0.25) is 0 Å². The normalized spacial score (nSPS) is 10.5. The third kappa shape index (κ3) is 2.44. The lowest BCUT2D eigenvalue weighted by Gasteiger charge is -2.09. The molecule has 1 aromatic rings. The topological polar surface area (TPSA) is 75.1 Å². The van der Waals surface area contributed by atoms with Gasteiger partial charge in [-0.25, -0.2) is 4.79 Å². The monoisotopic (exact) mass is 230 g/mol. The number of aromatic amines is 1. The van der Waals surface area contributed by atoms with Gasteiger partial charge in [0.05, 0.1) is 5.56 Å². The zero-order chi connectivity index (χ0) is 11.4. The Hall–Kier alpha value is -1.17. The molecule has 2 N–H and O–H groups in total. The van der Waals surface area contributed by atoms with E-state index in [4.69, 9.17) is 0 Å². The average Bonchev–Trinajstić information content (AvgIpc) is 2.17. The van der Waals surface area contributed by atoms with Gasteiger partial charge in [0.2, 0.25) is 5.88 Å². The van der Waals surface area contributed by atoms with Crippen molar-refractivity contribution in [2.24, 2.45) is 0 Å². The smallest absolute Gasteiger partial charge is 0.331 e. The lowest BCUT2D eigenvalue weighted by molar-refractivity contribution is 0.399. The molecule has 0 atom stereocenters. The first-order valence-corrected chi connectivity index (χ1v) is 6.05. The Balaban J connectivity index is 3.26. The highest BCUT2D eigenvalue weighted by Gasteiger charge is 2.11. The van der Waals surface area contributed by atoms with E-state index in [-0.39, 0.29) is 11.4 Å². The summed E-state index contributed by atoms with van der Waals surface area (Å²) in [5.41, 5.74) is -0.792. The number of aromatic nitrogens is 2. The van der Waals surface area contributed by atoms with Gasteiger partial charge in [-0.1, -0.05) is 6.92 Å². The Labute approximate surface area is 91.1 Å². The molecule has 0 aliphatic heterocycles. The van der Waals surface area contributed by atoms with Crippen LogP contribution in [0.4, 0.5) is 0 Å². The summed E-state index contributed by atoms with van der Waals surface area (Å²) in [6.07, 6.45) is 2.31. The second-order valence-electron chi connectivity index (χ2n) is 3.06. The van der Waals surface area contributed by atoms with E-state index < -0.39 is 11.2 Å². The van der Waals surface area contributed by atoms with Crippen LogP contribution >= 0.6 is 11.8 Å². The molecule has 0 radical (unpaired) electrons. The fourth-order valence-electron chi connectivity index (χ4n) is 1.31. The maximum absolute atomic E-state index is 11.4. The average molecular weight is 230 g/mol. The maximum Gasteiger partial charge on any atom is 0.331 e. The highest BCUT2D eigenvalue weighted by molar-refractivity contribution is 7.98.